The van der Waals surface area contributed by atoms with Crippen LogP contribution < -0.4 is 5.73 Å². The lowest BCUT2D eigenvalue weighted by Gasteiger charge is -1.96. The lowest BCUT2D eigenvalue weighted by atomic mass is 10.2. The van der Waals surface area contributed by atoms with Gasteiger partial charge in [-0.3, -0.25) is 0 Å². The van der Waals surface area contributed by atoms with Crippen molar-refractivity contribution in [2.24, 2.45) is 5.73 Å². The second kappa shape index (κ2) is 4.44. The van der Waals surface area contributed by atoms with Crippen LogP contribution in [0.3, 0.4) is 0 Å². The number of aromatic nitrogens is 2. The van der Waals surface area contributed by atoms with Crippen molar-refractivity contribution >= 4 is 27.1 Å². The maximum Gasteiger partial charge on any atom is 0.137 e. The molecule has 0 fully saturated rings. The zero-order chi connectivity index (χ0) is 13.5. The Bertz CT molecular complexity index is 871. The van der Waals surface area contributed by atoms with Gasteiger partial charge in [0.05, 0.1) is 10.6 Å². The molecule has 20 heavy (non-hydrogen) atoms. The van der Waals surface area contributed by atoms with Crippen molar-refractivity contribution in [1.29, 1.82) is 0 Å². The molecule has 0 unspecified atom stereocenters. The van der Waals surface area contributed by atoms with E-state index < -0.39 is 0 Å². The van der Waals surface area contributed by atoms with Gasteiger partial charge in [0.2, 0.25) is 0 Å². The highest BCUT2D eigenvalue weighted by Gasteiger charge is 2.08. The van der Waals surface area contributed by atoms with Crippen LogP contribution in [0.5, 0.6) is 0 Å². The fourth-order valence-electron chi connectivity index (χ4n) is 2.39. The van der Waals surface area contributed by atoms with Crippen molar-refractivity contribution in [2.45, 2.75) is 6.54 Å². The molecule has 4 aromatic rings. The fraction of sp³-hybridized carbons (Fsp3) is 0.0625. The summed E-state index contributed by atoms with van der Waals surface area (Å²) in [5, 5.41) is 1.27. The zero-order valence-electron chi connectivity index (χ0n) is 10.8. The Morgan fingerprint density at radius 2 is 2.00 bits per heavy atom. The molecular weight excluding hydrogens is 266 g/mol. The summed E-state index contributed by atoms with van der Waals surface area (Å²) in [6.07, 6.45) is 4.11. The Labute approximate surface area is 120 Å². The number of imidazole rings is 1. The predicted molar refractivity (Wildman–Crippen MR) is 83.9 cm³/mol. The zero-order valence-corrected chi connectivity index (χ0v) is 11.6. The largest absolute Gasteiger partial charge is 0.326 e. The number of nitrogens with two attached hydrogens (primary N) is 1. The molecule has 0 radical (unpaired) electrons. The molecule has 0 spiro atoms. The van der Waals surface area contributed by atoms with Crippen LogP contribution in [0.15, 0.2) is 54.9 Å². The van der Waals surface area contributed by atoms with Crippen LogP contribution >= 0.6 is 11.3 Å². The van der Waals surface area contributed by atoms with E-state index in [-0.39, 0.29) is 0 Å². The van der Waals surface area contributed by atoms with Gasteiger partial charge in [-0.1, -0.05) is 24.3 Å². The van der Waals surface area contributed by atoms with Crippen molar-refractivity contribution < 1.29 is 0 Å². The second-order valence-corrected chi connectivity index (χ2v) is 5.87. The van der Waals surface area contributed by atoms with Crippen molar-refractivity contribution in [1.82, 2.24) is 9.38 Å². The smallest absolute Gasteiger partial charge is 0.137 e. The standard InChI is InChI=1S/C16H13N3S/c17-8-11-5-6-16-18-13(10-19(16)9-11)15-7-12-3-1-2-4-14(12)20-15/h1-7,9-10H,8,17H2. The number of benzene rings is 1. The van der Waals surface area contributed by atoms with Crippen LogP contribution in [0, 0.1) is 0 Å². The third-order valence-corrected chi connectivity index (χ3v) is 4.56. The van der Waals surface area contributed by atoms with Gasteiger partial charge in [0.25, 0.3) is 0 Å². The molecule has 0 amide bonds. The van der Waals surface area contributed by atoms with E-state index in [4.69, 9.17) is 5.73 Å². The summed E-state index contributed by atoms with van der Waals surface area (Å²) < 4.78 is 3.34. The summed E-state index contributed by atoms with van der Waals surface area (Å²) in [5.74, 6) is 0. The summed E-state index contributed by atoms with van der Waals surface area (Å²) in [4.78, 5) is 5.88. The first-order chi connectivity index (χ1) is 9.83. The predicted octanol–water partition coefficient (Wildman–Crippen LogP) is 3.67. The van der Waals surface area contributed by atoms with Gasteiger partial charge in [0.1, 0.15) is 5.65 Å². The van der Waals surface area contributed by atoms with Crippen LogP contribution in [0.25, 0.3) is 26.3 Å². The third kappa shape index (κ3) is 1.81. The van der Waals surface area contributed by atoms with Crippen LogP contribution in [0.1, 0.15) is 5.56 Å². The first-order valence-electron chi connectivity index (χ1n) is 6.50. The molecule has 0 aliphatic rings. The summed E-state index contributed by atoms with van der Waals surface area (Å²) >= 11 is 1.78. The van der Waals surface area contributed by atoms with Gasteiger partial charge < -0.3 is 10.1 Å². The Balaban J connectivity index is 1.88. The number of hydrogen-bond donors (Lipinski definition) is 1. The lowest BCUT2D eigenvalue weighted by Crippen LogP contribution is -1.97. The Hall–Kier alpha value is -2.17. The van der Waals surface area contributed by atoms with Gasteiger partial charge in [-0.15, -0.1) is 11.3 Å². The Morgan fingerprint density at radius 3 is 2.85 bits per heavy atom. The maximum atomic E-state index is 5.68. The molecular formula is C16H13N3S. The molecule has 4 heteroatoms. The minimum Gasteiger partial charge on any atom is -0.326 e. The highest BCUT2D eigenvalue weighted by molar-refractivity contribution is 7.22. The minimum atomic E-state index is 0.548. The summed E-state index contributed by atoms with van der Waals surface area (Å²) in [7, 11) is 0. The Morgan fingerprint density at radius 1 is 1.10 bits per heavy atom. The molecule has 0 aliphatic carbocycles. The number of thiophene rings is 1. The molecule has 2 N–H and O–H groups in total. The summed E-state index contributed by atoms with van der Waals surface area (Å²) in [6, 6.07) is 14.7. The molecule has 98 valence electrons. The van der Waals surface area contributed by atoms with Gasteiger partial charge in [0, 0.05) is 23.6 Å². The number of pyridine rings is 1. The monoisotopic (exact) mass is 279 g/mol. The van der Waals surface area contributed by atoms with Crippen LogP contribution in [0.4, 0.5) is 0 Å². The van der Waals surface area contributed by atoms with E-state index >= 15 is 0 Å². The van der Waals surface area contributed by atoms with E-state index in [1.807, 2.05) is 22.7 Å². The summed E-state index contributed by atoms with van der Waals surface area (Å²) in [6.45, 7) is 0.548. The van der Waals surface area contributed by atoms with E-state index in [0.29, 0.717) is 6.54 Å². The van der Waals surface area contributed by atoms with Gasteiger partial charge in [-0.2, -0.15) is 0 Å². The molecule has 1 aromatic carbocycles. The van der Waals surface area contributed by atoms with E-state index in [9.17, 15) is 0 Å². The van der Waals surface area contributed by atoms with Gasteiger partial charge in [-0.05, 0) is 29.1 Å². The SMILES string of the molecule is NCc1ccc2nc(-c3cc4ccccc4s3)cn2c1. The molecule has 3 aromatic heterocycles. The van der Waals surface area contributed by atoms with Crippen LogP contribution in [0.2, 0.25) is 0 Å². The van der Waals surface area contributed by atoms with Crippen LogP contribution in [-0.2, 0) is 6.54 Å². The van der Waals surface area contributed by atoms with Crippen LogP contribution in [-0.4, -0.2) is 9.38 Å². The highest BCUT2D eigenvalue weighted by Crippen LogP contribution is 2.32. The quantitative estimate of drug-likeness (QED) is 0.608. The van der Waals surface area contributed by atoms with Gasteiger partial charge in [-0.25, -0.2) is 4.98 Å². The number of fused-ring (bicyclic) bond motifs is 2. The first-order valence-corrected chi connectivity index (χ1v) is 7.32. The minimum absolute atomic E-state index is 0.548. The summed E-state index contributed by atoms with van der Waals surface area (Å²) in [5.41, 5.74) is 8.75. The molecule has 3 nitrogen and oxygen atoms in total. The van der Waals surface area contributed by atoms with Gasteiger partial charge in [0.15, 0.2) is 0 Å². The molecule has 0 saturated heterocycles. The van der Waals surface area contributed by atoms with Crippen molar-refractivity contribution in [2.75, 3.05) is 0 Å². The maximum absolute atomic E-state index is 5.68. The highest BCUT2D eigenvalue weighted by atomic mass is 32.1. The molecule has 0 aliphatic heterocycles. The number of rotatable bonds is 2. The first kappa shape index (κ1) is 11.6. The molecule has 0 atom stereocenters. The topological polar surface area (TPSA) is 43.3 Å². The number of nitrogens with zero attached hydrogens (tertiary/aromatic N) is 2. The lowest BCUT2D eigenvalue weighted by molar-refractivity contribution is 1.03. The second-order valence-electron chi connectivity index (χ2n) is 4.78. The molecule has 0 bridgehead atoms. The van der Waals surface area contributed by atoms with E-state index in [2.05, 4.69) is 41.5 Å². The average Bonchev–Trinajstić information content (AvgIpc) is 3.09. The van der Waals surface area contributed by atoms with Crippen molar-refractivity contribution in [3.8, 4) is 10.6 Å². The Kier molecular flexibility index (Phi) is 2.58. The van der Waals surface area contributed by atoms with Crippen molar-refractivity contribution in [3.63, 3.8) is 0 Å². The van der Waals surface area contributed by atoms with Crippen molar-refractivity contribution in [3.05, 3.63) is 60.4 Å². The normalized spacial score (nSPS) is 11.4. The van der Waals surface area contributed by atoms with E-state index in [1.54, 1.807) is 11.3 Å². The molecule has 3 heterocycles. The molecule has 4 rings (SSSR count). The fourth-order valence-corrected chi connectivity index (χ4v) is 3.40. The van der Waals surface area contributed by atoms with E-state index in [1.165, 1.54) is 15.0 Å². The molecule has 0 saturated carbocycles. The van der Waals surface area contributed by atoms with Gasteiger partial charge >= 0.3 is 0 Å². The van der Waals surface area contributed by atoms with E-state index in [0.717, 1.165) is 16.9 Å². The third-order valence-electron chi connectivity index (χ3n) is 3.43. The number of hydrogen-bond acceptors (Lipinski definition) is 3. The average molecular weight is 279 g/mol.